The van der Waals surface area contributed by atoms with Crippen molar-refractivity contribution in [2.45, 2.75) is 45.1 Å². The second-order valence-corrected chi connectivity index (χ2v) is 4.68. The molecule has 1 heterocycles. The normalized spacial score (nSPS) is 18.3. The maximum Gasteiger partial charge on any atom is 0.239 e. The van der Waals surface area contributed by atoms with Gasteiger partial charge in [-0.15, -0.1) is 12.4 Å². The first-order chi connectivity index (χ1) is 8.13. The minimum atomic E-state index is -0.114. The molecule has 3 N–H and O–H groups in total. The van der Waals surface area contributed by atoms with Gasteiger partial charge in [0.1, 0.15) is 0 Å². The van der Waals surface area contributed by atoms with Crippen molar-refractivity contribution in [3.8, 4) is 0 Å². The average molecular weight is 278 g/mol. The zero-order valence-corrected chi connectivity index (χ0v) is 11.8. The average Bonchev–Trinajstić information content (AvgIpc) is 2.28. The Labute approximate surface area is 115 Å². The van der Waals surface area contributed by atoms with Crippen molar-refractivity contribution < 1.29 is 9.59 Å². The van der Waals surface area contributed by atoms with E-state index in [1.165, 1.54) is 0 Å². The topological polar surface area (TPSA) is 75.4 Å². The lowest BCUT2D eigenvalue weighted by Gasteiger charge is -2.25. The molecule has 5 nitrogen and oxygen atoms in total. The van der Waals surface area contributed by atoms with Crippen molar-refractivity contribution >= 4 is 24.2 Å². The van der Waals surface area contributed by atoms with Gasteiger partial charge in [-0.3, -0.25) is 9.59 Å². The molecule has 0 aliphatic carbocycles. The van der Waals surface area contributed by atoms with Crippen LogP contribution in [0.2, 0.25) is 0 Å². The van der Waals surface area contributed by atoms with Crippen LogP contribution in [0.5, 0.6) is 0 Å². The number of nitrogens with zero attached hydrogens (tertiary/aromatic N) is 1. The predicted molar refractivity (Wildman–Crippen MR) is 73.6 cm³/mol. The van der Waals surface area contributed by atoms with Crippen LogP contribution in [0.15, 0.2) is 0 Å². The number of carbonyl (C=O) groups is 2. The minimum absolute atomic E-state index is 0. The molecule has 0 unspecified atom stereocenters. The molecule has 0 spiro atoms. The quantitative estimate of drug-likeness (QED) is 0.793. The summed E-state index contributed by atoms with van der Waals surface area (Å²) in [4.78, 5) is 25.1. The maximum atomic E-state index is 11.8. The van der Waals surface area contributed by atoms with Crippen LogP contribution < -0.4 is 11.1 Å². The van der Waals surface area contributed by atoms with Gasteiger partial charge in [0, 0.05) is 25.6 Å². The number of halogens is 1. The molecule has 1 atom stereocenters. The third kappa shape index (κ3) is 6.21. The van der Waals surface area contributed by atoms with Gasteiger partial charge in [0.2, 0.25) is 11.8 Å². The van der Waals surface area contributed by atoms with Gasteiger partial charge < -0.3 is 16.0 Å². The molecule has 0 bridgehead atoms. The maximum absolute atomic E-state index is 11.8. The highest BCUT2D eigenvalue weighted by atomic mass is 35.5. The Morgan fingerprint density at radius 1 is 1.39 bits per heavy atom. The molecule has 2 amide bonds. The summed E-state index contributed by atoms with van der Waals surface area (Å²) in [5, 5.41) is 2.78. The van der Waals surface area contributed by atoms with Crippen molar-refractivity contribution in [3.05, 3.63) is 0 Å². The number of nitrogens with one attached hydrogen (secondary N) is 1. The first-order valence-electron chi connectivity index (χ1n) is 6.40. The van der Waals surface area contributed by atoms with Crippen LogP contribution in [0.4, 0.5) is 0 Å². The molecule has 0 saturated carbocycles. The van der Waals surface area contributed by atoms with Crippen molar-refractivity contribution in [1.82, 2.24) is 10.2 Å². The number of carbonyl (C=O) groups excluding carboxylic acids is 2. The summed E-state index contributed by atoms with van der Waals surface area (Å²) in [6.07, 6.45) is 4.77. The van der Waals surface area contributed by atoms with E-state index < -0.39 is 0 Å². The zero-order valence-electron chi connectivity index (χ0n) is 11.0. The largest absolute Gasteiger partial charge is 0.351 e. The van der Waals surface area contributed by atoms with Crippen molar-refractivity contribution in [3.63, 3.8) is 0 Å². The molecule has 0 aromatic heterocycles. The molecular formula is C12H24ClN3O2. The third-order valence-electron chi connectivity index (χ3n) is 3.02. The predicted octanol–water partition coefficient (Wildman–Crippen LogP) is 0.664. The molecule has 0 aromatic carbocycles. The van der Waals surface area contributed by atoms with Gasteiger partial charge in [-0.05, 0) is 19.8 Å². The highest BCUT2D eigenvalue weighted by Gasteiger charge is 2.18. The lowest BCUT2D eigenvalue weighted by atomic mass is 10.1. The summed E-state index contributed by atoms with van der Waals surface area (Å²) in [5.41, 5.74) is 5.43. The lowest BCUT2D eigenvalue weighted by Crippen LogP contribution is -2.45. The van der Waals surface area contributed by atoms with E-state index in [0.29, 0.717) is 19.5 Å². The first kappa shape index (κ1) is 17.2. The SMILES string of the molecule is C[C@@H](CN)NC(=O)CN1CCCCCCC1=O.Cl. The van der Waals surface area contributed by atoms with E-state index in [-0.39, 0.29) is 36.8 Å². The number of amides is 2. The summed E-state index contributed by atoms with van der Waals surface area (Å²) in [7, 11) is 0. The molecule has 1 aliphatic heterocycles. The van der Waals surface area contributed by atoms with Gasteiger partial charge in [-0.25, -0.2) is 0 Å². The van der Waals surface area contributed by atoms with Gasteiger partial charge in [-0.2, -0.15) is 0 Å². The summed E-state index contributed by atoms with van der Waals surface area (Å²) < 4.78 is 0. The van der Waals surface area contributed by atoms with Gasteiger partial charge >= 0.3 is 0 Å². The van der Waals surface area contributed by atoms with E-state index in [1.807, 2.05) is 6.92 Å². The van der Waals surface area contributed by atoms with Crippen LogP contribution in [0.25, 0.3) is 0 Å². The highest BCUT2D eigenvalue weighted by Crippen LogP contribution is 2.11. The third-order valence-corrected chi connectivity index (χ3v) is 3.02. The summed E-state index contributed by atoms with van der Waals surface area (Å²) in [5.74, 6) is -0.0166. The van der Waals surface area contributed by atoms with E-state index in [9.17, 15) is 9.59 Å². The van der Waals surface area contributed by atoms with E-state index in [4.69, 9.17) is 5.73 Å². The summed E-state index contributed by atoms with van der Waals surface area (Å²) in [6, 6.07) is -0.0349. The lowest BCUT2D eigenvalue weighted by molar-refractivity contribution is -0.136. The molecule has 1 fully saturated rings. The smallest absolute Gasteiger partial charge is 0.239 e. The van der Waals surface area contributed by atoms with Crippen LogP contribution in [0.3, 0.4) is 0 Å². The Morgan fingerprint density at radius 3 is 2.72 bits per heavy atom. The standard InChI is InChI=1S/C12H23N3O2.ClH/c1-10(8-13)14-11(16)9-15-7-5-3-2-4-6-12(15)17;/h10H,2-9,13H2,1H3,(H,14,16);1H/t10-;/m0./s1. The monoisotopic (exact) mass is 277 g/mol. The minimum Gasteiger partial charge on any atom is -0.351 e. The fourth-order valence-corrected chi connectivity index (χ4v) is 1.94. The molecule has 1 rings (SSSR count). The zero-order chi connectivity index (χ0) is 12.7. The first-order valence-corrected chi connectivity index (χ1v) is 6.40. The van der Waals surface area contributed by atoms with E-state index in [0.717, 1.165) is 25.7 Å². The van der Waals surface area contributed by atoms with E-state index in [2.05, 4.69) is 5.32 Å². The molecule has 0 radical (unpaired) electrons. The van der Waals surface area contributed by atoms with Crippen LogP contribution in [-0.2, 0) is 9.59 Å². The van der Waals surface area contributed by atoms with Crippen LogP contribution in [0.1, 0.15) is 39.0 Å². The van der Waals surface area contributed by atoms with Gasteiger partial charge in [0.05, 0.1) is 6.54 Å². The van der Waals surface area contributed by atoms with Gasteiger partial charge in [0.15, 0.2) is 0 Å². The highest BCUT2D eigenvalue weighted by molar-refractivity contribution is 5.85. The number of rotatable bonds is 4. The van der Waals surface area contributed by atoms with E-state index >= 15 is 0 Å². The molecular weight excluding hydrogens is 254 g/mol. The number of nitrogens with two attached hydrogens (primary N) is 1. The van der Waals surface area contributed by atoms with Crippen molar-refractivity contribution in [2.75, 3.05) is 19.6 Å². The number of likely N-dealkylation sites (tertiary alicyclic amines) is 1. The van der Waals surface area contributed by atoms with Crippen molar-refractivity contribution in [1.29, 1.82) is 0 Å². The Hall–Kier alpha value is -0.810. The summed E-state index contributed by atoms with van der Waals surface area (Å²) in [6.45, 7) is 3.14. The summed E-state index contributed by atoms with van der Waals surface area (Å²) >= 11 is 0. The number of hydrogen-bond donors (Lipinski definition) is 2. The Kier molecular flexibility index (Phi) is 8.75. The fourth-order valence-electron chi connectivity index (χ4n) is 1.94. The Bertz CT molecular complexity index is 274. The molecule has 6 heteroatoms. The molecule has 18 heavy (non-hydrogen) atoms. The van der Waals surface area contributed by atoms with Gasteiger partial charge in [-0.1, -0.05) is 12.8 Å². The molecule has 0 aromatic rings. The van der Waals surface area contributed by atoms with Crippen LogP contribution in [-0.4, -0.2) is 42.4 Å². The van der Waals surface area contributed by atoms with Crippen LogP contribution in [0, 0.1) is 0 Å². The van der Waals surface area contributed by atoms with Crippen molar-refractivity contribution in [2.24, 2.45) is 5.73 Å². The fraction of sp³-hybridized carbons (Fsp3) is 0.833. The van der Waals surface area contributed by atoms with Gasteiger partial charge in [0.25, 0.3) is 0 Å². The second-order valence-electron chi connectivity index (χ2n) is 4.68. The molecule has 1 saturated heterocycles. The van der Waals surface area contributed by atoms with Crippen LogP contribution >= 0.6 is 12.4 Å². The molecule has 1 aliphatic rings. The Morgan fingerprint density at radius 2 is 2.06 bits per heavy atom. The number of hydrogen-bond acceptors (Lipinski definition) is 3. The second kappa shape index (κ2) is 9.16. The molecule has 106 valence electrons. The van der Waals surface area contributed by atoms with E-state index in [1.54, 1.807) is 4.90 Å². The Balaban J connectivity index is 0.00000289.